The van der Waals surface area contributed by atoms with Crippen LogP contribution in [0.15, 0.2) is 48.8 Å². The zero-order chi connectivity index (χ0) is 16.1. The summed E-state index contributed by atoms with van der Waals surface area (Å²) >= 11 is 0. The van der Waals surface area contributed by atoms with Gasteiger partial charge in [0.05, 0.1) is 11.9 Å². The molecule has 5 nitrogen and oxygen atoms in total. The molecule has 1 aliphatic rings. The third-order valence-electron chi connectivity index (χ3n) is 4.25. The predicted molar refractivity (Wildman–Crippen MR) is 89.4 cm³/mol. The molecule has 1 aliphatic heterocycles. The summed E-state index contributed by atoms with van der Waals surface area (Å²) in [6, 6.07) is 11.0. The van der Waals surface area contributed by atoms with Gasteiger partial charge in [0.25, 0.3) is 0 Å². The van der Waals surface area contributed by atoms with Crippen molar-refractivity contribution < 1.29 is 9.90 Å². The van der Waals surface area contributed by atoms with E-state index in [2.05, 4.69) is 10.3 Å². The lowest BCUT2D eigenvalue weighted by Gasteiger charge is -2.32. The number of urea groups is 1. The molecular formula is C18H21N3O2. The van der Waals surface area contributed by atoms with Gasteiger partial charge in [-0.15, -0.1) is 0 Å². The topological polar surface area (TPSA) is 65.5 Å². The molecule has 2 aromatic rings. The lowest BCUT2D eigenvalue weighted by Crippen LogP contribution is -2.41. The highest BCUT2D eigenvalue weighted by atomic mass is 16.3. The number of phenols is 1. The van der Waals surface area contributed by atoms with Crippen LogP contribution in [-0.4, -0.2) is 34.1 Å². The third-order valence-corrected chi connectivity index (χ3v) is 4.25. The number of benzene rings is 1. The maximum atomic E-state index is 12.2. The van der Waals surface area contributed by atoms with Crippen LogP contribution in [0.3, 0.4) is 0 Å². The number of hydrogen-bond acceptors (Lipinski definition) is 3. The Labute approximate surface area is 136 Å². The highest BCUT2D eigenvalue weighted by molar-refractivity contribution is 5.89. The Hall–Kier alpha value is -2.56. The van der Waals surface area contributed by atoms with Gasteiger partial charge in [-0.3, -0.25) is 4.98 Å². The smallest absolute Gasteiger partial charge is 0.321 e. The number of carbonyl (C=O) groups excluding carboxylic acids is 1. The van der Waals surface area contributed by atoms with E-state index in [4.69, 9.17) is 0 Å². The third kappa shape index (κ3) is 4.22. The second-order valence-corrected chi connectivity index (χ2v) is 5.98. The molecule has 0 aliphatic carbocycles. The second-order valence-electron chi connectivity index (χ2n) is 5.98. The first-order valence-electron chi connectivity index (χ1n) is 7.94. The van der Waals surface area contributed by atoms with Gasteiger partial charge < -0.3 is 15.3 Å². The fourth-order valence-corrected chi connectivity index (χ4v) is 3.00. The zero-order valence-corrected chi connectivity index (χ0v) is 13.0. The van der Waals surface area contributed by atoms with E-state index in [1.54, 1.807) is 24.5 Å². The van der Waals surface area contributed by atoms with Gasteiger partial charge in [-0.2, -0.15) is 0 Å². The van der Waals surface area contributed by atoms with E-state index in [0.29, 0.717) is 11.7 Å². The molecule has 120 valence electrons. The fourth-order valence-electron chi connectivity index (χ4n) is 3.00. The molecule has 3 rings (SSSR count). The number of rotatable bonds is 3. The molecule has 0 spiro atoms. The average molecular weight is 311 g/mol. The van der Waals surface area contributed by atoms with E-state index < -0.39 is 0 Å². The number of likely N-dealkylation sites (tertiary alicyclic amines) is 1. The Kier molecular flexibility index (Phi) is 4.76. The summed E-state index contributed by atoms with van der Waals surface area (Å²) in [6.45, 7) is 1.52. The largest absolute Gasteiger partial charge is 0.508 e. The molecule has 0 radical (unpaired) electrons. The van der Waals surface area contributed by atoms with Crippen LogP contribution in [0.4, 0.5) is 10.5 Å². The summed E-state index contributed by atoms with van der Waals surface area (Å²) in [6.07, 6.45) is 6.24. The molecule has 0 unspecified atom stereocenters. The minimum atomic E-state index is -0.0613. The Morgan fingerprint density at radius 1 is 1.26 bits per heavy atom. The number of pyridine rings is 1. The number of nitrogens with one attached hydrogen (secondary N) is 1. The Bertz CT molecular complexity index is 652. The van der Waals surface area contributed by atoms with Crippen molar-refractivity contribution in [1.29, 1.82) is 0 Å². The number of aromatic hydroxyl groups is 1. The van der Waals surface area contributed by atoms with Gasteiger partial charge >= 0.3 is 6.03 Å². The van der Waals surface area contributed by atoms with Crippen LogP contribution in [-0.2, 0) is 6.42 Å². The Balaban J connectivity index is 1.49. The van der Waals surface area contributed by atoms with Crippen LogP contribution in [0.5, 0.6) is 5.75 Å². The molecule has 2 amide bonds. The predicted octanol–water partition coefficient (Wildman–Crippen LogP) is 3.27. The quantitative estimate of drug-likeness (QED) is 0.914. The van der Waals surface area contributed by atoms with Crippen molar-refractivity contribution in [2.75, 3.05) is 18.4 Å². The average Bonchev–Trinajstić information content (AvgIpc) is 2.56. The molecule has 1 saturated heterocycles. The summed E-state index contributed by atoms with van der Waals surface area (Å²) in [5, 5.41) is 12.4. The highest BCUT2D eigenvalue weighted by Crippen LogP contribution is 2.23. The number of anilines is 1. The normalized spacial score (nSPS) is 15.4. The SMILES string of the molecule is O=C(Nc1cccnc1)N1CCC(Cc2cccc(O)c2)CC1. The van der Waals surface area contributed by atoms with Crippen molar-refractivity contribution in [2.24, 2.45) is 5.92 Å². The summed E-state index contributed by atoms with van der Waals surface area (Å²) in [5.41, 5.74) is 1.88. The molecule has 1 aromatic carbocycles. The van der Waals surface area contributed by atoms with E-state index in [9.17, 15) is 9.90 Å². The van der Waals surface area contributed by atoms with Crippen molar-refractivity contribution in [3.8, 4) is 5.75 Å². The summed E-state index contributed by atoms with van der Waals surface area (Å²) < 4.78 is 0. The molecule has 2 heterocycles. The van der Waals surface area contributed by atoms with Crippen LogP contribution in [0.1, 0.15) is 18.4 Å². The molecule has 23 heavy (non-hydrogen) atoms. The minimum absolute atomic E-state index is 0.0613. The number of amides is 2. The number of carbonyl (C=O) groups is 1. The van der Waals surface area contributed by atoms with Crippen molar-refractivity contribution in [1.82, 2.24) is 9.88 Å². The van der Waals surface area contributed by atoms with E-state index >= 15 is 0 Å². The van der Waals surface area contributed by atoms with E-state index in [0.717, 1.165) is 43.6 Å². The van der Waals surface area contributed by atoms with Crippen LogP contribution >= 0.6 is 0 Å². The lowest BCUT2D eigenvalue weighted by molar-refractivity contribution is 0.182. The molecule has 2 N–H and O–H groups in total. The number of phenolic OH excluding ortho intramolecular Hbond substituents is 1. The number of hydrogen-bond donors (Lipinski definition) is 2. The first-order valence-corrected chi connectivity index (χ1v) is 7.94. The maximum Gasteiger partial charge on any atom is 0.321 e. The van der Waals surface area contributed by atoms with Crippen LogP contribution < -0.4 is 5.32 Å². The molecule has 0 atom stereocenters. The van der Waals surface area contributed by atoms with Gasteiger partial charge in [0, 0.05) is 19.3 Å². The van der Waals surface area contributed by atoms with E-state index in [1.807, 2.05) is 29.2 Å². The fraction of sp³-hybridized carbons (Fsp3) is 0.333. The maximum absolute atomic E-state index is 12.2. The molecule has 1 aromatic heterocycles. The minimum Gasteiger partial charge on any atom is -0.508 e. The standard InChI is InChI=1S/C18H21N3O2/c22-17-5-1-3-15(12-17)11-14-6-9-21(10-7-14)18(23)20-16-4-2-8-19-13-16/h1-5,8,12-14,22H,6-7,9-11H2,(H,20,23). The number of piperidine rings is 1. The van der Waals surface area contributed by atoms with Gasteiger partial charge in [0.15, 0.2) is 0 Å². The first-order chi connectivity index (χ1) is 11.2. The van der Waals surface area contributed by atoms with Gasteiger partial charge in [-0.05, 0) is 55.0 Å². The first kappa shape index (κ1) is 15.3. The van der Waals surface area contributed by atoms with Gasteiger partial charge in [0.1, 0.15) is 5.75 Å². The zero-order valence-electron chi connectivity index (χ0n) is 13.0. The molecule has 0 saturated carbocycles. The van der Waals surface area contributed by atoms with E-state index in [-0.39, 0.29) is 6.03 Å². The van der Waals surface area contributed by atoms with E-state index in [1.165, 1.54) is 0 Å². The van der Waals surface area contributed by atoms with Gasteiger partial charge in [-0.1, -0.05) is 12.1 Å². The molecular weight excluding hydrogens is 290 g/mol. The van der Waals surface area contributed by atoms with Gasteiger partial charge in [0.2, 0.25) is 0 Å². The second kappa shape index (κ2) is 7.13. The number of aromatic nitrogens is 1. The van der Waals surface area contributed by atoms with Crippen LogP contribution in [0.25, 0.3) is 0 Å². The summed E-state index contributed by atoms with van der Waals surface area (Å²) in [7, 11) is 0. The Morgan fingerprint density at radius 3 is 2.78 bits per heavy atom. The summed E-state index contributed by atoms with van der Waals surface area (Å²) in [4.78, 5) is 18.1. The van der Waals surface area contributed by atoms with Crippen molar-refractivity contribution in [2.45, 2.75) is 19.3 Å². The van der Waals surface area contributed by atoms with Crippen molar-refractivity contribution in [3.63, 3.8) is 0 Å². The molecule has 5 heteroatoms. The lowest BCUT2D eigenvalue weighted by atomic mass is 9.90. The molecule has 1 fully saturated rings. The van der Waals surface area contributed by atoms with Crippen molar-refractivity contribution >= 4 is 11.7 Å². The highest BCUT2D eigenvalue weighted by Gasteiger charge is 2.23. The van der Waals surface area contributed by atoms with Crippen molar-refractivity contribution in [3.05, 3.63) is 54.4 Å². The molecule has 0 bridgehead atoms. The number of nitrogens with zero attached hydrogens (tertiary/aromatic N) is 2. The Morgan fingerprint density at radius 2 is 2.09 bits per heavy atom. The summed E-state index contributed by atoms with van der Waals surface area (Å²) in [5.74, 6) is 0.870. The van der Waals surface area contributed by atoms with Crippen LogP contribution in [0.2, 0.25) is 0 Å². The van der Waals surface area contributed by atoms with Crippen LogP contribution in [0, 0.1) is 5.92 Å². The van der Waals surface area contributed by atoms with Gasteiger partial charge in [-0.25, -0.2) is 4.79 Å². The monoisotopic (exact) mass is 311 g/mol.